The van der Waals surface area contributed by atoms with E-state index in [0.717, 1.165) is 29.2 Å². The van der Waals surface area contributed by atoms with Crippen LogP contribution in [0, 0.1) is 0 Å². The van der Waals surface area contributed by atoms with Gasteiger partial charge in [0.05, 0.1) is 18.0 Å². The highest BCUT2D eigenvalue weighted by molar-refractivity contribution is 5.71. The number of methoxy groups -OCH3 is 1. The molecule has 0 atom stereocenters. The first-order chi connectivity index (χ1) is 9.15. The fraction of sp³-hybridized carbons (Fsp3) is 0.357. The second-order valence-electron chi connectivity index (χ2n) is 4.44. The second kappa shape index (κ2) is 5.75. The minimum Gasteiger partial charge on any atom is -0.394 e. The SMILES string of the molecule is CCc1nn(C)c(Nc2cccc(COC)c2)c1N. The quantitative estimate of drug-likeness (QED) is 0.866. The Morgan fingerprint density at radius 2 is 2.21 bits per heavy atom. The van der Waals surface area contributed by atoms with Gasteiger partial charge in [-0.2, -0.15) is 5.10 Å². The third kappa shape index (κ3) is 2.88. The van der Waals surface area contributed by atoms with Gasteiger partial charge >= 0.3 is 0 Å². The lowest BCUT2D eigenvalue weighted by Crippen LogP contribution is -2.01. The highest BCUT2D eigenvalue weighted by atomic mass is 16.5. The van der Waals surface area contributed by atoms with E-state index in [1.54, 1.807) is 11.8 Å². The van der Waals surface area contributed by atoms with Gasteiger partial charge in [0.15, 0.2) is 5.82 Å². The number of hydrogen-bond acceptors (Lipinski definition) is 4. The summed E-state index contributed by atoms with van der Waals surface area (Å²) in [7, 11) is 3.57. The van der Waals surface area contributed by atoms with Gasteiger partial charge in [0.2, 0.25) is 0 Å². The van der Waals surface area contributed by atoms with E-state index in [4.69, 9.17) is 10.5 Å². The average molecular weight is 260 g/mol. The molecule has 0 fully saturated rings. The van der Waals surface area contributed by atoms with Crippen molar-refractivity contribution in [3.05, 3.63) is 35.5 Å². The number of nitrogen functional groups attached to an aromatic ring is 1. The van der Waals surface area contributed by atoms with Gasteiger partial charge in [-0.25, -0.2) is 0 Å². The number of hydrogen-bond donors (Lipinski definition) is 2. The Hall–Kier alpha value is -2.01. The highest BCUT2D eigenvalue weighted by Gasteiger charge is 2.11. The van der Waals surface area contributed by atoms with Crippen molar-refractivity contribution >= 4 is 17.2 Å². The lowest BCUT2D eigenvalue weighted by atomic mass is 10.2. The van der Waals surface area contributed by atoms with E-state index in [1.807, 2.05) is 38.2 Å². The smallest absolute Gasteiger partial charge is 0.152 e. The maximum Gasteiger partial charge on any atom is 0.152 e. The minimum absolute atomic E-state index is 0.594. The Bertz CT molecular complexity index is 563. The average Bonchev–Trinajstić information content (AvgIpc) is 2.67. The summed E-state index contributed by atoms with van der Waals surface area (Å²) in [5.74, 6) is 0.825. The zero-order valence-electron chi connectivity index (χ0n) is 11.6. The number of rotatable bonds is 5. The largest absolute Gasteiger partial charge is 0.394 e. The van der Waals surface area contributed by atoms with Crippen LogP contribution < -0.4 is 11.1 Å². The van der Waals surface area contributed by atoms with Crippen molar-refractivity contribution in [1.82, 2.24) is 9.78 Å². The molecule has 102 valence electrons. The number of benzene rings is 1. The third-order valence-corrected chi connectivity index (χ3v) is 3.00. The van der Waals surface area contributed by atoms with Crippen molar-refractivity contribution in [2.45, 2.75) is 20.0 Å². The topological polar surface area (TPSA) is 65.1 Å². The first-order valence-electron chi connectivity index (χ1n) is 6.32. The third-order valence-electron chi connectivity index (χ3n) is 3.00. The van der Waals surface area contributed by atoms with Crippen molar-refractivity contribution in [2.24, 2.45) is 7.05 Å². The van der Waals surface area contributed by atoms with Crippen molar-refractivity contribution in [2.75, 3.05) is 18.2 Å². The second-order valence-corrected chi connectivity index (χ2v) is 4.44. The summed E-state index contributed by atoms with van der Waals surface area (Å²) >= 11 is 0. The minimum atomic E-state index is 0.594. The molecule has 2 rings (SSSR count). The van der Waals surface area contributed by atoms with Gasteiger partial charge in [-0.15, -0.1) is 0 Å². The Labute approximate surface area is 113 Å². The van der Waals surface area contributed by atoms with Gasteiger partial charge in [-0.3, -0.25) is 4.68 Å². The van der Waals surface area contributed by atoms with Crippen molar-refractivity contribution in [3.63, 3.8) is 0 Å². The first-order valence-corrected chi connectivity index (χ1v) is 6.32. The molecule has 0 bridgehead atoms. The van der Waals surface area contributed by atoms with E-state index in [9.17, 15) is 0 Å². The Morgan fingerprint density at radius 3 is 2.84 bits per heavy atom. The fourth-order valence-corrected chi connectivity index (χ4v) is 2.05. The molecule has 0 aliphatic carbocycles. The molecule has 0 unspecified atom stereocenters. The van der Waals surface area contributed by atoms with E-state index in [2.05, 4.69) is 10.4 Å². The molecule has 1 heterocycles. The first kappa shape index (κ1) is 13.4. The maximum absolute atomic E-state index is 6.09. The number of aromatic nitrogens is 2. The number of anilines is 3. The molecular formula is C14H20N4O. The van der Waals surface area contributed by atoms with E-state index >= 15 is 0 Å². The molecule has 5 heteroatoms. The zero-order chi connectivity index (χ0) is 13.8. The number of ether oxygens (including phenoxy) is 1. The monoisotopic (exact) mass is 260 g/mol. The molecule has 1 aromatic carbocycles. The van der Waals surface area contributed by atoms with Crippen molar-refractivity contribution < 1.29 is 4.74 Å². The zero-order valence-corrected chi connectivity index (χ0v) is 11.6. The number of nitrogens with one attached hydrogen (secondary N) is 1. The van der Waals surface area contributed by atoms with Gasteiger partial charge in [0, 0.05) is 19.8 Å². The molecule has 0 saturated heterocycles. The lowest BCUT2D eigenvalue weighted by molar-refractivity contribution is 0.185. The molecule has 0 aliphatic rings. The highest BCUT2D eigenvalue weighted by Crippen LogP contribution is 2.26. The summed E-state index contributed by atoms with van der Waals surface area (Å²) in [5.41, 5.74) is 9.81. The number of nitrogens with two attached hydrogens (primary N) is 1. The van der Waals surface area contributed by atoms with Crippen LogP contribution in [0.15, 0.2) is 24.3 Å². The number of nitrogens with zero attached hydrogens (tertiary/aromatic N) is 2. The summed E-state index contributed by atoms with van der Waals surface area (Å²) < 4.78 is 6.91. The van der Waals surface area contributed by atoms with E-state index in [1.165, 1.54) is 0 Å². The van der Waals surface area contributed by atoms with Crippen LogP contribution in [-0.2, 0) is 24.8 Å². The molecular weight excluding hydrogens is 240 g/mol. The Balaban J connectivity index is 2.26. The van der Waals surface area contributed by atoms with Crippen LogP contribution in [0.1, 0.15) is 18.2 Å². The molecule has 0 saturated carbocycles. The van der Waals surface area contributed by atoms with Crippen LogP contribution in [0.2, 0.25) is 0 Å². The van der Waals surface area contributed by atoms with Crippen LogP contribution in [0.5, 0.6) is 0 Å². The van der Waals surface area contributed by atoms with Gasteiger partial charge in [0.25, 0.3) is 0 Å². The lowest BCUT2D eigenvalue weighted by Gasteiger charge is -2.09. The molecule has 0 amide bonds. The van der Waals surface area contributed by atoms with Crippen LogP contribution in [-0.4, -0.2) is 16.9 Å². The fourth-order valence-electron chi connectivity index (χ4n) is 2.05. The predicted molar refractivity (Wildman–Crippen MR) is 77.4 cm³/mol. The van der Waals surface area contributed by atoms with Gasteiger partial charge < -0.3 is 15.8 Å². The van der Waals surface area contributed by atoms with E-state index in [0.29, 0.717) is 12.3 Å². The molecule has 19 heavy (non-hydrogen) atoms. The molecule has 0 radical (unpaired) electrons. The van der Waals surface area contributed by atoms with Crippen molar-refractivity contribution in [3.8, 4) is 0 Å². The van der Waals surface area contributed by atoms with Gasteiger partial charge in [-0.1, -0.05) is 19.1 Å². The van der Waals surface area contributed by atoms with Crippen LogP contribution >= 0.6 is 0 Å². The molecule has 3 N–H and O–H groups in total. The van der Waals surface area contributed by atoms with Gasteiger partial charge in [-0.05, 0) is 24.1 Å². The van der Waals surface area contributed by atoms with Crippen LogP contribution in [0.3, 0.4) is 0 Å². The summed E-state index contributed by atoms with van der Waals surface area (Å²) in [4.78, 5) is 0. The Morgan fingerprint density at radius 1 is 1.42 bits per heavy atom. The summed E-state index contributed by atoms with van der Waals surface area (Å²) in [5, 5.41) is 7.70. The van der Waals surface area contributed by atoms with Gasteiger partial charge in [0.1, 0.15) is 0 Å². The predicted octanol–water partition coefficient (Wildman–Crippen LogP) is 2.45. The number of aryl methyl sites for hydroxylation is 2. The van der Waals surface area contributed by atoms with Crippen LogP contribution in [0.4, 0.5) is 17.2 Å². The van der Waals surface area contributed by atoms with Crippen LogP contribution in [0.25, 0.3) is 0 Å². The molecule has 1 aromatic heterocycles. The van der Waals surface area contributed by atoms with Crippen molar-refractivity contribution in [1.29, 1.82) is 0 Å². The molecule has 2 aromatic rings. The molecule has 5 nitrogen and oxygen atoms in total. The summed E-state index contributed by atoms with van der Waals surface area (Å²) in [6, 6.07) is 8.06. The Kier molecular flexibility index (Phi) is 4.06. The normalized spacial score (nSPS) is 10.7. The standard InChI is InChI=1S/C14H20N4O/c1-4-12-13(15)14(18(2)17-12)16-11-7-5-6-10(8-11)9-19-3/h5-8,16H,4,9,15H2,1-3H3. The molecule has 0 aliphatic heterocycles. The molecule has 0 spiro atoms. The van der Waals surface area contributed by atoms with E-state index in [-0.39, 0.29) is 0 Å². The van der Waals surface area contributed by atoms with E-state index < -0.39 is 0 Å². The summed E-state index contributed by atoms with van der Waals surface area (Å²) in [6.07, 6.45) is 0.824. The summed E-state index contributed by atoms with van der Waals surface area (Å²) in [6.45, 7) is 2.64. The maximum atomic E-state index is 6.09.